The maximum Gasteiger partial charge on any atom is 0.194 e. The Hall–Kier alpha value is -0.840. The number of carbonyl (C=O) groups is 1. The number of aliphatic hydroxyl groups is 1. The molecule has 0 spiro atoms. The summed E-state index contributed by atoms with van der Waals surface area (Å²) >= 11 is 1.29. The standard InChI is InChI=1S/C18H28O3S/c1-13(11-21-12-15-9-7-6-8-10-15)16(19)14(2)17(20)22-18(3,4)5/h6-10,13-14,16,19H,11-12H2,1-5H3/t13-,14-,16+/m0/s1. The number of carbonyl (C=O) groups excluding carboxylic acids is 1. The van der Waals surface area contributed by atoms with E-state index in [1.54, 1.807) is 6.92 Å². The van der Waals surface area contributed by atoms with Gasteiger partial charge in [0.05, 0.1) is 25.2 Å². The lowest BCUT2D eigenvalue weighted by molar-refractivity contribution is -0.118. The maximum atomic E-state index is 12.2. The fraction of sp³-hybridized carbons (Fsp3) is 0.611. The van der Waals surface area contributed by atoms with Gasteiger partial charge in [-0.2, -0.15) is 0 Å². The normalized spacial score (nSPS) is 16.1. The molecule has 0 heterocycles. The van der Waals surface area contributed by atoms with Crippen molar-refractivity contribution in [1.82, 2.24) is 0 Å². The van der Waals surface area contributed by atoms with E-state index in [-0.39, 0.29) is 21.7 Å². The van der Waals surface area contributed by atoms with Crippen LogP contribution in [-0.4, -0.2) is 27.7 Å². The van der Waals surface area contributed by atoms with Crippen molar-refractivity contribution >= 4 is 16.9 Å². The molecule has 22 heavy (non-hydrogen) atoms. The highest BCUT2D eigenvalue weighted by Crippen LogP contribution is 2.29. The molecular formula is C18H28O3S. The Morgan fingerprint density at radius 2 is 1.82 bits per heavy atom. The van der Waals surface area contributed by atoms with E-state index < -0.39 is 6.10 Å². The lowest BCUT2D eigenvalue weighted by Crippen LogP contribution is -2.33. The Kier molecular flexibility index (Phi) is 7.60. The van der Waals surface area contributed by atoms with Crippen molar-refractivity contribution in [3.05, 3.63) is 35.9 Å². The van der Waals surface area contributed by atoms with Gasteiger partial charge in [-0.1, -0.05) is 76.7 Å². The molecule has 0 bridgehead atoms. The minimum absolute atomic E-state index is 0.0370. The Bertz CT molecular complexity index is 453. The van der Waals surface area contributed by atoms with Crippen LogP contribution in [0, 0.1) is 11.8 Å². The summed E-state index contributed by atoms with van der Waals surface area (Å²) in [5, 5.41) is 10.4. The van der Waals surface area contributed by atoms with E-state index in [1.807, 2.05) is 58.0 Å². The van der Waals surface area contributed by atoms with E-state index in [2.05, 4.69) is 0 Å². The number of rotatable bonds is 7. The molecule has 0 saturated heterocycles. The molecule has 0 aliphatic carbocycles. The number of thioether (sulfide) groups is 1. The summed E-state index contributed by atoms with van der Waals surface area (Å²) in [5.74, 6) is -0.470. The summed E-state index contributed by atoms with van der Waals surface area (Å²) in [5.41, 5.74) is 1.11. The predicted molar refractivity (Wildman–Crippen MR) is 92.8 cm³/mol. The molecule has 1 aromatic carbocycles. The lowest BCUT2D eigenvalue weighted by Gasteiger charge is -2.26. The van der Waals surface area contributed by atoms with Crippen LogP contribution in [0.1, 0.15) is 40.2 Å². The fourth-order valence-corrected chi connectivity index (χ4v) is 2.99. The van der Waals surface area contributed by atoms with E-state index >= 15 is 0 Å². The van der Waals surface area contributed by atoms with Gasteiger partial charge >= 0.3 is 0 Å². The summed E-state index contributed by atoms with van der Waals surface area (Å²) in [4.78, 5) is 12.2. The molecule has 1 rings (SSSR count). The SMILES string of the molecule is C[C@H](C(=O)SC(C)(C)C)[C@H](O)[C@@H](C)COCc1ccccc1. The summed E-state index contributed by atoms with van der Waals surface area (Å²) in [6.45, 7) is 10.7. The van der Waals surface area contributed by atoms with Gasteiger partial charge in [-0.25, -0.2) is 0 Å². The highest BCUT2D eigenvalue weighted by atomic mass is 32.2. The van der Waals surface area contributed by atoms with E-state index in [0.29, 0.717) is 13.2 Å². The first-order valence-electron chi connectivity index (χ1n) is 7.73. The van der Waals surface area contributed by atoms with Crippen LogP contribution in [0.2, 0.25) is 0 Å². The van der Waals surface area contributed by atoms with Crippen LogP contribution in [0.15, 0.2) is 30.3 Å². The summed E-state index contributed by atoms with van der Waals surface area (Å²) < 4.78 is 5.53. The minimum Gasteiger partial charge on any atom is -0.392 e. The van der Waals surface area contributed by atoms with Gasteiger partial charge in [0.2, 0.25) is 0 Å². The molecule has 0 aliphatic heterocycles. The fourth-order valence-electron chi connectivity index (χ4n) is 2.06. The van der Waals surface area contributed by atoms with Gasteiger partial charge < -0.3 is 9.84 Å². The quantitative estimate of drug-likeness (QED) is 0.826. The third-order valence-corrected chi connectivity index (χ3v) is 4.55. The Morgan fingerprint density at radius 1 is 1.23 bits per heavy atom. The van der Waals surface area contributed by atoms with E-state index in [1.165, 1.54) is 11.8 Å². The molecule has 0 aromatic heterocycles. The zero-order chi connectivity index (χ0) is 16.8. The first-order valence-corrected chi connectivity index (χ1v) is 8.55. The first-order chi connectivity index (χ1) is 10.2. The molecule has 0 fully saturated rings. The highest BCUT2D eigenvalue weighted by Gasteiger charge is 2.30. The van der Waals surface area contributed by atoms with E-state index in [0.717, 1.165) is 5.56 Å². The molecule has 124 valence electrons. The van der Waals surface area contributed by atoms with Crippen LogP contribution in [0.4, 0.5) is 0 Å². The van der Waals surface area contributed by atoms with Crippen LogP contribution in [-0.2, 0) is 16.1 Å². The molecule has 0 saturated carbocycles. The molecule has 0 aliphatic rings. The second-order valence-electron chi connectivity index (χ2n) is 6.79. The smallest absolute Gasteiger partial charge is 0.194 e. The van der Waals surface area contributed by atoms with Gasteiger partial charge in [-0.15, -0.1) is 0 Å². The first kappa shape index (κ1) is 19.2. The molecule has 3 nitrogen and oxygen atoms in total. The second-order valence-corrected chi connectivity index (χ2v) is 8.62. The van der Waals surface area contributed by atoms with Crippen LogP contribution in [0.25, 0.3) is 0 Å². The third kappa shape index (κ3) is 6.95. The number of aliphatic hydroxyl groups excluding tert-OH is 1. The molecule has 4 heteroatoms. The van der Waals surface area contributed by atoms with Crippen molar-refractivity contribution in [2.75, 3.05) is 6.61 Å². The molecule has 1 N–H and O–H groups in total. The largest absolute Gasteiger partial charge is 0.392 e. The van der Waals surface area contributed by atoms with Crippen molar-refractivity contribution in [3.63, 3.8) is 0 Å². The van der Waals surface area contributed by atoms with Gasteiger partial charge in [-0.3, -0.25) is 4.79 Å². The Morgan fingerprint density at radius 3 is 2.36 bits per heavy atom. The molecule has 0 amide bonds. The second kappa shape index (κ2) is 8.70. The number of ether oxygens (including phenoxy) is 1. The summed E-state index contributed by atoms with van der Waals surface area (Å²) in [6.07, 6.45) is -0.682. The number of benzene rings is 1. The summed E-state index contributed by atoms with van der Waals surface area (Å²) in [6, 6.07) is 9.93. The van der Waals surface area contributed by atoms with Crippen molar-refractivity contribution < 1.29 is 14.6 Å². The van der Waals surface area contributed by atoms with Gasteiger partial charge in [0.25, 0.3) is 0 Å². The van der Waals surface area contributed by atoms with Crippen molar-refractivity contribution in [2.24, 2.45) is 11.8 Å². The summed E-state index contributed by atoms with van der Waals surface area (Å²) in [7, 11) is 0. The van der Waals surface area contributed by atoms with Crippen molar-refractivity contribution in [1.29, 1.82) is 0 Å². The lowest BCUT2D eigenvalue weighted by atomic mass is 9.95. The predicted octanol–water partition coefficient (Wildman–Crippen LogP) is 3.89. The third-order valence-electron chi connectivity index (χ3n) is 3.37. The van der Waals surface area contributed by atoms with Crippen molar-refractivity contribution in [3.8, 4) is 0 Å². The molecule has 0 unspecified atom stereocenters. The van der Waals surface area contributed by atoms with Gasteiger partial charge in [-0.05, 0) is 5.56 Å². The van der Waals surface area contributed by atoms with Gasteiger partial charge in [0.1, 0.15) is 0 Å². The number of hydrogen-bond acceptors (Lipinski definition) is 4. The van der Waals surface area contributed by atoms with Crippen LogP contribution in [0.5, 0.6) is 0 Å². The average Bonchev–Trinajstić information content (AvgIpc) is 2.44. The molecular weight excluding hydrogens is 296 g/mol. The highest BCUT2D eigenvalue weighted by molar-refractivity contribution is 8.14. The maximum absolute atomic E-state index is 12.2. The van der Waals surface area contributed by atoms with Gasteiger partial charge in [0.15, 0.2) is 5.12 Å². The van der Waals surface area contributed by atoms with Crippen LogP contribution < -0.4 is 0 Å². The Balaban J connectivity index is 2.40. The topological polar surface area (TPSA) is 46.5 Å². The zero-order valence-electron chi connectivity index (χ0n) is 14.2. The molecule has 1 aromatic rings. The van der Waals surface area contributed by atoms with Crippen LogP contribution >= 0.6 is 11.8 Å². The zero-order valence-corrected chi connectivity index (χ0v) is 15.0. The van der Waals surface area contributed by atoms with Crippen LogP contribution in [0.3, 0.4) is 0 Å². The molecule has 3 atom stereocenters. The van der Waals surface area contributed by atoms with Crippen molar-refractivity contribution in [2.45, 2.75) is 52.1 Å². The van der Waals surface area contributed by atoms with Gasteiger partial charge in [0, 0.05) is 10.7 Å². The minimum atomic E-state index is -0.682. The number of hydrogen-bond donors (Lipinski definition) is 1. The monoisotopic (exact) mass is 324 g/mol. The van der Waals surface area contributed by atoms with E-state index in [4.69, 9.17) is 4.74 Å². The van der Waals surface area contributed by atoms with E-state index in [9.17, 15) is 9.90 Å². The average molecular weight is 324 g/mol. The Labute approximate surface area is 138 Å². The molecule has 0 radical (unpaired) electrons.